The van der Waals surface area contributed by atoms with E-state index in [0.29, 0.717) is 35.8 Å². The summed E-state index contributed by atoms with van der Waals surface area (Å²) in [6, 6.07) is 20.7. The van der Waals surface area contributed by atoms with Crippen molar-refractivity contribution in [3.8, 4) is 11.5 Å². The van der Waals surface area contributed by atoms with Crippen LogP contribution in [0.4, 0.5) is 11.4 Å². The van der Waals surface area contributed by atoms with E-state index in [-0.39, 0.29) is 18.4 Å². The Morgan fingerprint density at radius 3 is 2.55 bits per heavy atom. The fourth-order valence-corrected chi connectivity index (χ4v) is 3.82. The standard InChI is InChI=1S/C27H28N2O4/c1-19-9-3-5-11-22(19)27(31)28-21-13-14-25-23(17-21)29(26(30)18-33-25)15-7-8-16-32-24-12-6-4-10-20(24)2/h3-6,9-14,17H,7-8,15-16,18H2,1-2H3,(H,28,31). The molecular formula is C27H28N2O4. The molecule has 0 aliphatic carbocycles. The van der Waals surface area contributed by atoms with E-state index in [0.717, 1.165) is 29.7 Å². The third kappa shape index (κ3) is 5.34. The highest BCUT2D eigenvalue weighted by molar-refractivity contribution is 6.06. The van der Waals surface area contributed by atoms with Crippen LogP contribution in [0.15, 0.2) is 66.7 Å². The summed E-state index contributed by atoms with van der Waals surface area (Å²) in [5.74, 6) is 1.25. The SMILES string of the molecule is Cc1ccccc1OCCCCN1C(=O)COc2ccc(NC(=O)c3ccccc3C)cc21. The Morgan fingerprint density at radius 1 is 1.00 bits per heavy atom. The first kappa shape index (κ1) is 22.4. The Labute approximate surface area is 194 Å². The van der Waals surface area contributed by atoms with Gasteiger partial charge in [-0.05, 0) is 68.1 Å². The molecule has 0 fully saturated rings. The van der Waals surface area contributed by atoms with Crippen LogP contribution in [0.3, 0.4) is 0 Å². The molecule has 3 aromatic rings. The maximum atomic E-state index is 12.7. The molecule has 1 aliphatic rings. The van der Waals surface area contributed by atoms with Crippen molar-refractivity contribution in [2.75, 3.05) is 30.0 Å². The van der Waals surface area contributed by atoms with E-state index in [4.69, 9.17) is 9.47 Å². The Bertz CT molecular complexity index is 1160. The molecule has 0 bridgehead atoms. The maximum absolute atomic E-state index is 12.7. The van der Waals surface area contributed by atoms with Gasteiger partial charge in [0, 0.05) is 17.8 Å². The summed E-state index contributed by atoms with van der Waals surface area (Å²) in [6.07, 6.45) is 1.61. The molecule has 0 saturated heterocycles. The van der Waals surface area contributed by atoms with Gasteiger partial charge in [-0.3, -0.25) is 9.59 Å². The Balaban J connectivity index is 1.39. The lowest BCUT2D eigenvalue weighted by atomic mass is 10.1. The first-order chi connectivity index (χ1) is 16.0. The van der Waals surface area contributed by atoms with Gasteiger partial charge in [0.2, 0.25) is 0 Å². The summed E-state index contributed by atoms with van der Waals surface area (Å²) in [5.41, 5.74) is 3.92. The number of carbonyl (C=O) groups excluding carboxylic acids is 2. The second-order valence-corrected chi connectivity index (χ2v) is 8.11. The smallest absolute Gasteiger partial charge is 0.265 e. The van der Waals surface area contributed by atoms with E-state index >= 15 is 0 Å². The summed E-state index contributed by atoms with van der Waals surface area (Å²) >= 11 is 0. The van der Waals surface area contributed by atoms with Gasteiger partial charge in [0.25, 0.3) is 11.8 Å². The van der Waals surface area contributed by atoms with Gasteiger partial charge in [-0.2, -0.15) is 0 Å². The Morgan fingerprint density at radius 2 is 1.76 bits per heavy atom. The Hall–Kier alpha value is -3.80. The molecule has 170 valence electrons. The van der Waals surface area contributed by atoms with Crippen LogP contribution < -0.4 is 19.7 Å². The zero-order chi connectivity index (χ0) is 23.2. The fraction of sp³-hybridized carbons (Fsp3) is 0.259. The van der Waals surface area contributed by atoms with E-state index in [1.807, 2.05) is 56.3 Å². The van der Waals surface area contributed by atoms with Crippen molar-refractivity contribution in [3.63, 3.8) is 0 Å². The molecule has 0 unspecified atom stereocenters. The summed E-state index contributed by atoms with van der Waals surface area (Å²) in [4.78, 5) is 27.0. The number of nitrogens with one attached hydrogen (secondary N) is 1. The Kier molecular flexibility index (Phi) is 6.93. The topological polar surface area (TPSA) is 67.9 Å². The highest BCUT2D eigenvalue weighted by atomic mass is 16.5. The van der Waals surface area contributed by atoms with Crippen molar-refractivity contribution in [1.82, 2.24) is 0 Å². The summed E-state index contributed by atoms with van der Waals surface area (Å²) < 4.78 is 11.5. The summed E-state index contributed by atoms with van der Waals surface area (Å²) in [7, 11) is 0. The highest BCUT2D eigenvalue weighted by Crippen LogP contribution is 2.35. The van der Waals surface area contributed by atoms with Gasteiger partial charge in [-0.15, -0.1) is 0 Å². The average molecular weight is 445 g/mol. The zero-order valence-electron chi connectivity index (χ0n) is 19.0. The molecule has 2 amide bonds. The molecule has 33 heavy (non-hydrogen) atoms. The van der Waals surface area contributed by atoms with Crippen LogP contribution in [-0.2, 0) is 4.79 Å². The van der Waals surface area contributed by atoms with Crippen molar-refractivity contribution in [2.45, 2.75) is 26.7 Å². The normalized spacial score (nSPS) is 12.7. The second-order valence-electron chi connectivity index (χ2n) is 8.11. The number of benzene rings is 3. The number of hydrogen-bond donors (Lipinski definition) is 1. The third-order valence-electron chi connectivity index (χ3n) is 5.68. The second kappa shape index (κ2) is 10.2. The highest BCUT2D eigenvalue weighted by Gasteiger charge is 2.25. The number of hydrogen-bond acceptors (Lipinski definition) is 4. The minimum atomic E-state index is -0.184. The molecule has 0 radical (unpaired) electrons. The lowest BCUT2D eigenvalue weighted by Crippen LogP contribution is -2.39. The molecule has 0 saturated carbocycles. The summed E-state index contributed by atoms with van der Waals surface area (Å²) in [5, 5.41) is 2.93. The fourth-order valence-electron chi connectivity index (χ4n) is 3.82. The van der Waals surface area contributed by atoms with E-state index in [1.54, 1.807) is 29.2 Å². The number of amides is 2. The van der Waals surface area contributed by atoms with Crippen LogP contribution in [0.25, 0.3) is 0 Å². The minimum absolute atomic E-state index is 0.0155. The first-order valence-corrected chi connectivity index (χ1v) is 11.2. The lowest BCUT2D eigenvalue weighted by molar-refractivity contribution is -0.121. The molecule has 1 aliphatic heterocycles. The van der Waals surface area contributed by atoms with Crippen molar-refractivity contribution in [3.05, 3.63) is 83.4 Å². The average Bonchev–Trinajstić information content (AvgIpc) is 2.81. The van der Waals surface area contributed by atoms with Crippen LogP contribution in [0.1, 0.15) is 34.3 Å². The van der Waals surface area contributed by atoms with E-state index < -0.39 is 0 Å². The predicted molar refractivity (Wildman–Crippen MR) is 129 cm³/mol. The van der Waals surface area contributed by atoms with E-state index in [2.05, 4.69) is 5.32 Å². The van der Waals surface area contributed by atoms with Crippen LogP contribution in [-0.4, -0.2) is 31.6 Å². The lowest BCUT2D eigenvalue weighted by Gasteiger charge is -2.30. The molecule has 4 rings (SSSR count). The number of nitrogens with zero attached hydrogens (tertiary/aromatic N) is 1. The maximum Gasteiger partial charge on any atom is 0.265 e. The van der Waals surface area contributed by atoms with Crippen LogP contribution >= 0.6 is 0 Å². The van der Waals surface area contributed by atoms with Gasteiger partial charge in [0.05, 0.1) is 12.3 Å². The number of unbranched alkanes of at least 4 members (excludes halogenated alkanes) is 1. The predicted octanol–water partition coefficient (Wildman–Crippen LogP) is 5.14. The number of fused-ring (bicyclic) bond motifs is 1. The third-order valence-corrected chi connectivity index (χ3v) is 5.68. The minimum Gasteiger partial charge on any atom is -0.493 e. The number of rotatable bonds is 8. The van der Waals surface area contributed by atoms with Crippen molar-refractivity contribution in [1.29, 1.82) is 0 Å². The van der Waals surface area contributed by atoms with Gasteiger partial charge < -0.3 is 19.7 Å². The molecule has 1 N–H and O–H groups in total. The van der Waals surface area contributed by atoms with Crippen molar-refractivity contribution < 1.29 is 19.1 Å². The van der Waals surface area contributed by atoms with Gasteiger partial charge in [-0.25, -0.2) is 0 Å². The zero-order valence-corrected chi connectivity index (χ0v) is 19.0. The van der Waals surface area contributed by atoms with E-state index in [9.17, 15) is 9.59 Å². The molecule has 6 nitrogen and oxygen atoms in total. The van der Waals surface area contributed by atoms with Gasteiger partial charge in [0.1, 0.15) is 11.5 Å². The molecule has 6 heteroatoms. The van der Waals surface area contributed by atoms with Gasteiger partial charge in [-0.1, -0.05) is 36.4 Å². The molecular weight excluding hydrogens is 416 g/mol. The first-order valence-electron chi connectivity index (χ1n) is 11.2. The number of ether oxygens (including phenoxy) is 2. The molecule has 1 heterocycles. The number of aryl methyl sites for hydroxylation is 2. The monoisotopic (exact) mass is 444 g/mol. The van der Waals surface area contributed by atoms with Crippen LogP contribution in [0, 0.1) is 13.8 Å². The number of carbonyl (C=O) groups is 2. The molecule has 0 spiro atoms. The summed E-state index contributed by atoms with van der Waals surface area (Å²) in [6.45, 7) is 5.08. The quantitative estimate of drug-likeness (QED) is 0.489. The largest absolute Gasteiger partial charge is 0.493 e. The van der Waals surface area contributed by atoms with Crippen molar-refractivity contribution in [2.24, 2.45) is 0 Å². The van der Waals surface area contributed by atoms with Crippen molar-refractivity contribution >= 4 is 23.2 Å². The molecule has 3 aromatic carbocycles. The number of para-hydroxylation sites is 1. The van der Waals surface area contributed by atoms with Gasteiger partial charge >= 0.3 is 0 Å². The van der Waals surface area contributed by atoms with Gasteiger partial charge in [0.15, 0.2) is 6.61 Å². The van der Waals surface area contributed by atoms with Crippen LogP contribution in [0.2, 0.25) is 0 Å². The molecule has 0 aromatic heterocycles. The molecule has 0 atom stereocenters. The van der Waals surface area contributed by atoms with E-state index in [1.165, 1.54) is 0 Å². The number of anilines is 2. The van der Waals surface area contributed by atoms with Crippen LogP contribution in [0.5, 0.6) is 11.5 Å².